The fourth-order valence-electron chi connectivity index (χ4n) is 3.42. The summed E-state index contributed by atoms with van der Waals surface area (Å²) in [5.41, 5.74) is 5.62. The van der Waals surface area contributed by atoms with Crippen molar-refractivity contribution >= 4 is 17.4 Å². The molecular formula is C21H27N3O2. The molecule has 1 fully saturated rings. The van der Waals surface area contributed by atoms with E-state index in [9.17, 15) is 4.79 Å². The second kappa shape index (κ2) is 7.68. The van der Waals surface area contributed by atoms with Crippen molar-refractivity contribution in [1.82, 2.24) is 4.90 Å². The van der Waals surface area contributed by atoms with Crippen LogP contribution in [-0.4, -0.2) is 44.2 Å². The van der Waals surface area contributed by atoms with Gasteiger partial charge >= 0.3 is 6.03 Å². The molecule has 2 amide bonds. The van der Waals surface area contributed by atoms with Crippen molar-refractivity contribution in [2.24, 2.45) is 0 Å². The fourth-order valence-corrected chi connectivity index (χ4v) is 3.42. The lowest BCUT2D eigenvalue weighted by Crippen LogP contribution is -2.50. The van der Waals surface area contributed by atoms with Gasteiger partial charge in [0.2, 0.25) is 0 Å². The van der Waals surface area contributed by atoms with E-state index in [1.165, 1.54) is 16.8 Å². The van der Waals surface area contributed by atoms with Crippen LogP contribution in [0.5, 0.6) is 5.75 Å². The highest BCUT2D eigenvalue weighted by molar-refractivity contribution is 5.91. The van der Waals surface area contributed by atoms with Gasteiger partial charge < -0.3 is 19.9 Å². The van der Waals surface area contributed by atoms with Gasteiger partial charge in [0.25, 0.3) is 0 Å². The Bertz CT molecular complexity index is 796. The maximum absolute atomic E-state index is 12.6. The Morgan fingerprint density at radius 2 is 1.62 bits per heavy atom. The minimum Gasteiger partial charge on any atom is -0.495 e. The normalized spacial score (nSPS) is 14.3. The van der Waals surface area contributed by atoms with Crippen LogP contribution in [0.15, 0.2) is 36.4 Å². The van der Waals surface area contributed by atoms with Gasteiger partial charge in [-0.15, -0.1) is 0 Å². The second-order valence-electron chi connectivity index (χ2n) is 6.90. The number of rotatable bonds is 3. The number of hydrogen-bond donors (Lipinski definition) is 1. The van der Waals surface area contributed by atoms with Crippen LogP contribution in [-0.2, 0) is 0 Å². The average Bonchev–Trinajstić information content (AvgIpc) is 2.62. The third-order valence-electron chi connectivity index (χ3n) is 4.86. The number of anilines is 2. The first-order valence-electron chi connectivity index (χ1n) is 9.00. The largest absolute Gasteiger partial charge is 0.495 e. The predicted octanol–water partition coefficient (Wildman–Crippen LogP) is 3.97. The molecule has 2 aromatic rings. The SMILES string of the molecule is COc1ccc(C)cc1NC(=O)N1CCN(c2ccc(C)cc2C)CC1. The van der Waals surface area contributed by atoms with Crippen LogP contribution in [0.4, 0.5) is 16.2 Å². The third kappa shape index (κ3) is 3.93. The maximum atomic E-state index is 12.6. The predicted molar refractivity (Wildman–Crippen MR) is 106 cm³/mol. The molecule has 1 saturated heterocycles. The number of piperazine rings is 1. The highest BCUT2D eigenvalue weighted by atomic mass is 16.5. The molecule has 1 aliphatic heterocycles. The number of amides is 2. The number of nitrogens with zero attached hydrogens (tertiary/aromatic N) is 2. The maximum Gasteiger partial charge on any atom is 0.322 e. The number of benzene rings is 2. The zero-order valence-corrected chi connectivity index (χ0v) is 16.0. The molecule has 5 heteroatoms. The van der Waals surface area contributed by atoms with E-state index >= 15 is 0 Å². The third-order valence-corrected chi connectivity index (χ3v) is 4.86. The molecule has 0 radical (unpaired) electrons. The molecule has 0 atom stereocenters. The minimum atomic E-state index is -0.0748. The van der Waals surface area contributed by atoms with Gasteiger partial charge in [-0.05, 0) is 50.1 Å². The molecular weight excluding hydrogens is 326 g/mol. The lowest BCUT2D eigenvalue weighted by molar-refractivity contribution is 0.208. The molecule has 0 unspecified atom stereocenters. The molecule has 1 aliphatic rings. The van der Waals surface area contributed by atoms with Crippen molar-refractivity contribution in [3.63, 3.8) is 0 Å². The number of ether oxygens (including phenoxy) is 1. The molecule has 2 aromatic carbocycles. The Kier molecular flexibility index (Phi) is 5.35. The molecule has 0 bridgehead atoms. The van der Waals surface area contributed by atoms with E-state index < -0.39 is 0 Å². The zero-order valence-electron chi connectivity index (χ0n) is 16.0. The summed E-state index contributed by atoms with van der Waals surface area (Å²) in [5, 5.41) is 2.99. The van der Waals surface area contributed by atoms with Crippen molar-refractivity contribution in [3.05, 3.63) is 53.1 Å². The first-order valence-corrected chi connectivity index (χ1v) is 9.00. The van der Waals surface area contributed by atoms with Gasteiger partial charge in [0.05, 0.1) is 12.8 Å². The number of methoxy groups -OCH3 is 1. The highest BCUT2D eigenvalue weighted by Gasteiger charge is 2.22. The number of urea groups is 1. The Morgan fingerprint density at radius 3 is 2.27 bits per heavy atom. The van der Waals surface area contributed by atoms with Crippen molar-refractivity contribution in [3.8, 4) is 5.75 Å². The summed E-state index contributed by atoms with van der Waals surface area (Å²) in [5.74, 6) is 0.679. The van der Waals surface area contributed by atoms with Crippen LogP contribution in [0, 0.1) is 20.8 Å². The van der Waals surface area contributed by atoms with Crippen LogP contribution >= 0.6 is 0 Å². The van der Waals surface area contributed by atoms with Crippen LogP contribution in [0.2, 0.25) is 0 Å². The number of nitrogens with one attached hydrogen (secondary N) is 1. The van der Waals surface area contributed by atoms with Gasteiger partial charge in [-0.1, -0.05) is 23.8 Å². The Hall–Kier alpha value is -2.69. The molecule has 0 saturated carbocycles. The van der Waals surface area contributed by atoms with Crippen LogP contribution in [0.3, 0.4) is 0 Å². The Labute approximate surface area is 155 Å². The molecule has 138 valence electrons. The van der Waals surface area contributed by atoms with Crippen LogP contribution < -0.4 is 15.0 Å². The van der Waals surface area contributed by atoms with E-state index in [-0.39, 0.29) is 6.03 Å². The van der Waals surface area contributed by atoms with E-state index in [4.69, 9.17) is 4.74 Å². The van der Waals surface area contributed by atoms with Gasteiger partial charge in [-0.25, -0.2) is 4.79 Å². The van der Waals surface area contributed by atoms with Crippen molar-refractivity contribution in [1.29, 1.82) is 0 Å². The van der Waals surface area contributed by atoms with Crippen molar-refractivity contribution < 1.29 is 9.53 Å². The van der Waals surface area contributed by atoms with Gasteiger partial charge in [0.1, 0.15) is 5.75 Å². The van der Waals surface area contributed by atoms with E-state index in [2.05, 4.69) is 42.3 Å². The topological polar surface area (TPSA) is 44.8 Å². The quantitative estimate of drug-likeness (QED) is 0.908. The number of carbonyl (C=O) groups is 1. The summed E-state index contributed by atoms with van der Waals surface area (Å²) in [6.45, 7) is 9.33. The molecule has 1 N–H and O–H groups in total. The molecule has 0 spiro atoms. The summed E-state index contributed by atoms with van der Waals surface area (Å²) < 4.78 is 5.34. The molecule has 3 rings (SSSR count). The molecule has 5 nitrogen and oxygen atoms in total. The van der Waals surface area contributed by atoms with Gasteiger partial charge in [0.15, 0.2) is 0 Å². The first-order chi connectivity index (χ1) is 12.5. The number of aryl methyl sites for hydroxylation is 3. The molecule has 0 aliphatic carbocycles. The highest BCUT2D eigenvalue weighted by Crippen LogP contribution is 2.26. The average molecular weight is 353 g/mol. The summed E-state index contributed by atoms with van der Waals surface area (Å²) >= 11 is 0. The first kappa shape index (κ1) is 18.1. The lowest BCUT2D eigenvalue weighted by Gasteiger charge is -2.36. The van der Waals surface area contributed by atoms with Crippen LogP contribution in [0.1, 0.15) is 16.7 Å². The van der Waals surface area contributed by atoms with E-state index in [1.807, 2.05) is 30.0 Å². The lowest BCUT2D eigenvalue weighted by atomic mass is 10.1. The summed E-state index contributed by atoms with van der Waals surface area (Å²) in [6.07, 6.45) is 0. The molecule has 26 heavy (non-hydrogen) atoms. The van der Waals surface area contributed by atoms with Gasteiger partial charge in [0, 0.05) is 31.9 Å². The summed E-state index contributed by atoms with van der Waals surface area (Å²) in [6, 6.07) is 12.2. The standard InChI is InChI=1S/C21H27N3O2/c1-15-5-7-19(17(3)13-15)23-9-11-24(12-10-23)21(25)22-18-14-16(2)6-8-20(18)26-4/h5-8,13-14H,9-12H2,1-4H3,(H,22,25). The Morgan fingerprint density at radius 1 is 0.962 bits per heavy atom. The van der Waals surface area contributed by atoms with E-state index in [0.29, 0.717) is 24.5 Å². The van der Waals surface area contributed by atoms with Gasteiger partial charge in [-0.2, -0.15) is 0 Å². The van der Waals surface area contributed by atoms with E-state index in [1.54, 1.807) is 7.11 Å². The summed E-state index contributed by atoms with van der Waals surface area (Å²) in [4.78, 5) is 16.9. The minimum absolute atomic E-state index is 0.0748. The number of carbonyl (C=O) groups excluding carboxylic acids is 1. The van der Waals surface area contributed by atoms with Crippen molar-refractivity contribution in [2.75, 3.05) is 43.5 Å². The monoisotopic (exact) mass is 353 g/mol. The van der Waals surface area contributed by atoms with Crippen LogP contribution in [0.25, 0.3) is 0 Å². The molecule has 1 heterocycles. The smallest absolute Gasteiger partial charge is 0.322 e. The van der Waals surface area contributed by atoms with E-state index in [0.717, 1.165) is 18.7 Å². The molecule has 0 aromatic heterocycles. The second-order valence-corrected chi connectivity index (χ2v) is 6.90. The zero-order chi connectivity index (χ0) is 18.7. The fraction of sp³-hybridized carbons (Fsp3) is 0.381. The van der Waals surface area contributed by atoms with Crippen molar-refractivity contribution in [2.45, 2.75) is 20.8 Å². The van der Waals surface area contributed by atoms with Gasteiger partial charge in [-0.3, -0.25) is 0 Å². The summed E-state index contributed by atoms with van der Waals surface area (Å²) in [7, 11) is 1.61. The Balaban J connectivity index is 1.63. The number of hydrogen-bond acceptors (Lipinski definition) is 3.